The largest absolute Gasteiger partial charge is 0.465 e. The lowest BCUT2D eigenvalue weighted by molar-refractivity contribution is 0.0602. The van der Waals surface area contributed by atoms with E-state index in [0.29, 0.717) is 46.8 Å². The lowest BCUT2D eigenvalue weighted by atomic mass is 10.0. The third-order valence-corrected chi connectivity index (χ3v) is 6.84. The molecule has 0 fully saturated rings. The van der Waals surface area contributed by atoms with Crippen LogP contribution in [0.4, 0.5) is 11.6 Å². The second-order valence-corrected chi connectivity index (χ2v) is 9.38. The van der Waals surface area contributed by atoms with Crippen LogP contribution in [0.3, 0.4) is 0 Å². The van der Waals surface area contributed by atoms with Crippen molar-refractivity contribution in [1.29, 1.82) is 5.26 Å². The van der Waals surface area contributed by atoms with Crippen LogP contribution >= 0.6 is 0 Å². The van der Waals surface area contributed by atoms with Gasteiger partial charge in [-0.15, -0.1) is 0 Å². The van der Waals surface area contributed by atoms with E-state index in [4.69, 9.17) is 9.72 Å². The summed E-state index contributed by atoms with van der Waals surface area (Å²) in [4.78, 5) is 32.9. The lowest BCUT2D eigenvalue weighted by Gasteiger charge is -2.23. The minimum Gasteiger partial charge on any atom is -0.465 e. The number of esters is 1. The molecule has 5 rings (SSSR count). The summed E-state index contributed by atoms with van der Waals surface area (Å²) < 4.78 is 6.53. The van der Waals surface area contributed by atoms with Crippen molar-refractivity contribution in [3.63, 3.8) is 0 Å². The molecule has 1 aliphatic heterocycles. The van der Waals surface area contributed by atoms with E-state index < -0.39 is 5.97 Å². The molecule has 0 bridgehead atoms. The number of nitrogens with zero attached hydrogens (tertiary/aromatic N) is 4. The minimum atomic E-state index is -0.424. The van der Waals surface area contributed by atoms with E-state index in [1.807, 2.05) is 56.3 Å². The van der Waals surface area contributed by atoms with Crippen LogP contribution in [0.5, 0.6) is 0 Å². The predicted molar refractivity (Wildman–Crippen MR) is 143 cm³/mol. The Balaban J connectivity index is 1.58. The molecule has 1 unspecified atom stereocenters. The Labute approximate surface area is 214 Å². The summed E-state index contributed by atoms with van der Waals surface area (Å²) in [6, 6.07) is 18.7. The van der Waals surface area contributed by atoms with Gasteiger partial charge in [0.25, 0.3) is 5.56 Å². The summed E-state index contributed by atoms with van der Waals surface area (Å²) in [5, 5.41) is 13.2. The van der Waals surface area contributed by atoms with Crippen molar-refractivity contribution in [2.75, 3.05) is 17.3 Å². The molecule has 1 aliphatic rings. The molecule has 4 aromatic rings. The van der Waals surface area contributed by atoms with Gasteiger partial charge in [0.2, 0.25) is 5.95 Å². The Morgan fingerprint density at radius 3 is 2.65 bits per heavy atom. The monoisotopic (exact) mass is 493 g/mol. The predicted octanol–water partition coefficient (Wildman–Crippen LogP) is 4.59. The number of nitrogens with one attached hydrogen (secondary N) is 1. The molecule has 0 aliphatic carbocycles. The number of benzene rings is 3. The van der Waals surface area contributed by atoms with Gasteiger partial charge in [0.05, 0.1) is 41.3 Å². The number of aromatic nitrogens is 2. The van der Waals surface area contributed by atoms with E-state index in [1.54, 1.807) is 23.7 Å². The fourth-order valence-corrected chi connectivity index (χ4v) is 4.97. The highest BCUT2D eigenvalue weighted by atomic mass is 16.5. The lowest BCUT2D eigenvalue weighted by Crippen LogP contribution is -2.28. The van der Waals surface area contributed by atoms with E-state index in [9.17, 15) is 14.9 Å². The smallest absolute Gasteiger partial charge is 0.339 e. The van der Waals surface area contributed by atoms with Crippen molar-refractivity contribution in [3.05, 3.63) is 98.3 Å². The zero-order chi connectivity index (χ0) is 26.3. The highest BCUT2D eigenvalue weighted by Gasteiger charge is 2.25. The summed E-state index contributed by atoms with van der Waals surface area (Å²) in [6.45, 7) is 5.11. The van der Waals surface area contributed by atoms with E-state index in [-0.39, 0.29) is 11.6 Å². The van der Waals surface area contributed by atoms with Gasteiger partial charge in [0.15, 0.2) is 0 Å². The van der Waals surface area contributed by atoms with Gasteiger partial charge in [-0.2, -0.15) is 5.26 Å². The average Bonchev–Trinajstić information content (AvgIpc) is 3.33. The summed E-state index contributed by atoms with van der Waals surface area (Å²) in [5.74, 6) is 0.145. The second-order valence-electron chi connectivity index (χ2n) is 9.38. The molecule has 0 saturated carbocycles. The highest BCUT2D eigenvalue weighted by Crippen LogP contribution is 2.31. The number of aryl methyl sites for hydroxylation is 1. The van der Waals surface area contributed by atoms with Crippen LogP contribution in [-0.4, -0.2) is 22.6 Å². The van der Waals surface area contributed by atoms with Crippen LogP contribution in [0.25, 0.3) is 10.9 Å². The molecule has 8 nitrogen and oxygen atoms in total. The van der Waals surface area contributed by atoms with Gasteiger partial charge in [-0.25, -0.2) is 9.78 Å². The van der Waals surface area contributed by atoms with E-state index in [2.05, 4.69) is 16.3 Å². The molecule has 0 spiro atoms. The summed E-state index contributed by atoms with van der Waals surface area (Å²) in [7, 11) is 3.10. The van der Waals surface area contributed by atoms with E-state index >= 15 is 0 Å². The summed E-state index contributed by atoms with van der Waals surface area (Å²) in [6.07, 6.45) is 0. The van der Waals surface area contributed by atoms with E-state index in [0.717, 1.165) is 22.3 Å². The highest BCUT2D eigenvalue weighted by molar-refractivity contribution is 5.95. The molecule has 3 aromatic carbocycles. The standard InChI is InChI=1S/C29H27N5O3/c1-17-11-23(18(2)31-25-8-6-5-7-22(25)28(36)37-4)26-24(12-17)27(35)33(3)29(32-26)34-15-20-10-9-19(14-30)13-21(20)16-34/h5-13,18,31H,15-16H2,1-4H3. The Morgan fingerprint density at radius 1 is 1.14 bits per heavy atom. The van der Waals surface area contributed by atoms with Crippen LogP contribution in [0, 0.1) is 18.3 Å². The number of hydrogen-bond donors (Lipinski definition) is 1. The molecule has 2 heterocycles. The average molecular weight is 494 g/mol. The van der Waals surface area contributed by atoms with Crippen molar-refractivity contribution in [1.82, 2.24) is 9.55 Å². The third-order valence-electron chi connectivity index (χ3n) is 6.84. The number of hydrogen-bond acceptors (Lipinski definition) is 7. The molecule has 8 heteroatoms. The maximum absolute atomic E-state index is 13.5. The fourth-order valence-electron chi connectivity index (χ4n) is 4.97. The van der Waals surface area contributed by atoms with Crippen molar-refractivity contribution in [2.24, 2.45) is 7.05 Å². The topological polar surface area (TPSA) is 100 Å². The van der Waals surface area contributed by atoms with Gasteiger partial charge in [-0.3, -0.25) is 9.36 Å². The Kier molecular flexibility index (Phi) is 6.14. The normalized spacial score (nSPS) is 13.2. The molecule has 186 valence electrons. The Bertz CT molecular complexity index is 1650. The van der Waals surface area contributed by atoms with Crippen molar-refractivity contribution in [2.45, 2.75) is 33.0 Å². The van der Waals surface area contributed by atoms with Crippen LogP contribution in [-0.2, 0) is 24.9 Å². The first-order valence-corrected chi connectivity index (χ1v) is 12.0. The summed E-state index contributed by atoms with van der Waals surface area (Å²) in [5.41, 5.74) is 6.17. The van der Waals surface area contributed by atoms with Gasteiger partial charge < -0.3 is 15.0 Å². The molecule has 1 atom stereocenters. The molecular formula is C29H27N5O3. The van der Waals surface area contributed by atoms with Crippen molar-refractivity contribution in [3.8, 4) is 6.07 Å². The Hall–Kier alpha value is -4.64. The van der Waals surface area contributed by atoms with E-state index in [1.165, 1.54) is 7.11 Å². The van der Waals surface area contributed by atoms with Gasteiger partial charge in [-0.1, -0.05) is 24.3 Å². The first-order chi connectivity index (χ1) is 17.8. The van der Waals surface area contributed by atoms with Crippen LogP contribution < -0.4 is 15.8 Å². The number of fused-ring (bicyclic) bond motifs is 2. The number of carbonyl (C=O) groups excluding carboxylic acids is 1. The quantitative estimate of drug-likeness (QED) is 0.406. The minimum absolute atomic E-state index is 0.124. The number of methoxy groups -OCH3 is 1. The molecule has 0 saturated heterocycles. The molecule has 0 radical (unpaired) electrons. The first-order valence-electron chi connectivity index (χ1n) is 12.0. The SMILES string of the molecule is COC(=O)c1ccccc1NC(C)c1cc(C)cc2c(=O)n(C)c(N3Cc4ccc(C#N)cc4C3)nc12. The first kappa shape index (κ1) is 24.1. The molecule has 0 amide bonds. The van der Waals surface area contributed by atoms with Crippen LogP contribution in [0.2, 0.25) is 0 Å². The van der Waals surface area contributed by atoms with Gasteiger partial charge in [0.1, 0.15) is 0 Å². The Morgan fingerprint density at radius 2 is 1.89 bits per heavy atom. The van der Waals surface area contributed by atoms with Crippen molar-refractivity contribution >= 4 is 28.5 Å². The number of carbonyl (C=O) groups is 1. The van der Waals surface area contributed by atoms with Gasteiger partial charge >= 0.3 is 5.97 Å². The second kappa shape index (κ2) is 9.43. The third kappa shape index (κ3) is 4.29. The number of anilines is 2. The zero-order valence-electron chi connectivity index (χ0n) is 21.2. The fraction of sp³-hybridized carbons (Fsp3) is 0.241. The number of nitriles is 1. The number of para-hydroxylation sites is 1. The van der Waals surface area contributed by atoms with Crippen LogP contribution in [0.1, 0.15) is 51.1 Å². The maximum atomic E-state index is 13.5. The molecule has 37 heavy (non-hydrogen) atoms. The number of rotatable bonds is 5. The number of ether oxygens (including phenoxy) is 1. The molecule has 1 N–H and O–H groups in total. The maximum Gasteiger partial charge on any atom is 0.339 e. The van der Waals surface area contributed by atoms with Crippen molar-refractivity contribution < 1.29 is 9.53 Å². The molecular weight excluding hydrogens is 466 g/mol. The van der Waals surface area contributed by atoms with Gasteiger partial charge in [0, 0.05) is 31.4 Å². The molecule has 1 aromatic heterocycles. The van der Waals surface area contributed by atoms with Gasteiger partial charge in [-0.05, 0) is 60.9 Å². The van der Waals surface area contributed by atoms with Crippen LogP contribution in [0.15, 0.2) is 59.4 Å². The zero-order valence-corrected chi connectivity index (χ0v) is 21.2. The summed E-state index contributed by atoms with van der Waals surface area (Å²) >= 11 is 0.